The molecule has 0 spiro atoms. The minimum atomic E-state index is -0.680. The predicted octanol–water partition coefficient (Wildman–Crippen LogP) is 2.12. The highest BCUT2D eigenvalue weighted by Gasteiger charge is 2.26. The monoisotopic (exact) mass is 527 g/mol. The van der Waals surface area contributed by atoms with Crippen molar-refractivity contribution in [3.63, 3.8) is 0 Å². The van der Waals surface area contributed by atoms with Gasteiger partial charge < -0.3 is 20.4 Å². The van der Waals surface area contributed by atoms with E-state index in [1.165, 1.54) is 26.2 Å². The molecule has 0 amide bonds. The number of halogens is 1. The van der Waals surface area contributed by atoms with Crippen LogP contribution in [0.25, 0.3) is 0 Å². The Labute approximate surface area is 192 Å². The number of guanidine groups is 1. The molecule has 0 radical (unpaired) electrons. The Bertz CT molecular complexity index is 485. The van der Waals surface area contributed by atoms with Crippen LogP contribution in [0.4, 0.5) is 0 Å². The largest absolute Gasteiger partial charge is 0.357 e. The Morgan fingerprint density at radius 1 is 1.21 bits per heavy atom. The van der Waals surface area contributed by atoms with Crippen LogP contribution in [-0.2, 0) is 10.8 Å². The van der Waals surface area contributed by atoms with Gasteiger partial charge in [-0.2, -0.15) is 0 Å². The highest BCUT2D eigenvalue weighted by Crippen LogP contribution is 2.23. The zero-order valence-electron chi connectivity index (χ0n) is 18.3. The molecule has 2 fully saturated rings. The molecule has 1 heterocycles. The number of piperazine rings is 1. The van der Waals surface area contributed by atoms with Crippen molar-refractivity contribution in [2.45, 2.75) is 57.7 Å². The Hall–Kier alpha value is 0.0700. The molecule has 4 atom stereocenters. The van der Waals surface area contributed by atoms with E-state index in [4.69, 9.17) is 4.99 Å². The summed E-state index contributed by atoms with van der Waals surface area (Å²) in [6, 6.07) is 0.394. The van der Waals surface area contributed by atoms with Gasteiger partial charge >= 0.3 is 0 Å². The average molecular weight is 528 g/mol. The van der Waals surface area contributed by atoms with Crippen LogP contribution >= 0.6 is 24.0 Å². The van der Waals surface area contributed by atoms with Crippen molar-refractivity contribution >= 4 is 40.7 Å². The van der Waals surface area contributed by atoms with E-state index in [-0.39, 0.29) is 24.0 Å². The first-order chi connectivity index (χ1) is 13.0. The second-order valence-corrected chi connectivity index (χ2v) is 10.2. The number of likely N-dealkylation sites (N-methyl/N-ethyl adjacent to an activating group) is 1. The topological polar surface area (TPSA) is 60.0 Å². The fraction of sp³-hybridized carbons (Fsp3) is 0.950. The van der Waals surface area contributed by atoms with Crippen molar-refractivity contribution < 1.29 is 4.21 Å². The Morgan fingerprint density at radius 3 is 2.57 bits per heavy atom. The summed E-state index contributed by atoms with van der Waals surface area (Å²) in [5.41, 5.74) is 0. The predicted molar refractivity (Wildman–Crippen MR) is 132 cm³/mol. The molecule has 2 N–H and O–H groups in total. The zero-order valence-corrected chi connectivity index (χ0v) is 21.4. The van der Waals surface area contributed by atoms with E-state index < -0.39 is 10.8 Å². The molecule has 1 saturated carbocycles. The van der Waals surface area contributed by atoms with Gasteiger partial charge in [0.15, 0.2) is 5.96 Å². The van der Waals surface area contributed by atoms with Gasteiger partial charge in [0.2, 0.25) is 0 Å². The van der Waals surface area contributed by atoms with Crippen LogP contribution in [0.2, 0.25) is 0 Å². The lowest BCUT2D eigenvalue weighted by atomic mass is 9.95. The molecule has 6 nitrogen and oxygen atoms in total. The number of nitrogens with one attached hydrogen (secondary N) is 2. The molecule has 166 valence electrons. The number of hydrogen-bond donors (Lipinski definition) is 2. The molecule has 2 rings (SSSR count). The number of aliphatic imine (C=N–C) groups is 1. The lowest BCUT2D eigenvalue weighted by molar-refractivity contribution is 0.140. The Balaban J connectivity index is 0.00000392. The van der Waals surface area contributed by atoms with Crippen molar-refractivity contribution in [3.05, 3.63) is 0 Å². The lowest BCUT2D eigenvalue weighted by Crippen LogP contribution is -2.47. The van der Waals surface area contributed by atoms with Crippen LogP contribution in [0.15, 0.2) is 4.99 Å². The van der Waals surface area contributed by atoms with Crippen LogP contribution in [0.1, 0.15) is 46.5 Å². The van der Waals surface area contributed by atoms with Gasteiger partial charge in [0.25, 0.3) is 0 Å². The van der Waals surface area contributed by atoms with Gasteiger partial charge in [0.05, 0.1) is 0 Å². The molecule has 0 aromatic rings. The van der Waals surface area contributed by atoms with E-state index in [1.54, 1.807) is 0 Å². The molecule has 2 aliphatic rings. The van der Waals surface area contributed by atoms with Crippen molar-refractivity contribution in [3.8, 4) is 0 Å². The highest BCUT2D eigenvalue weighted by atomic mass is 127. The molecular weight excluding hydrogens is 485 g/mol. The summed E-state index contributed by atoms with van der Waals surface area (Å²) in [6.07, 6.45) is 4.42. The van der Waals surface area contributed by atoms with Crippen LogP contribution in [0, 0.1) is 5.92 Å². The fourth-order valence-corrected chi connectivity index (χ4v) is 5.39. The normalized spacial score (nSPS) is 26.9. The summed E-state index contributed by atoms with van der Waals surface area (Å²) < 4.78 is 12.2. The molecule has 28 heavy (non-hydrogen) atoms. The summed E-state index contributed by atoms with van der Waals surface area (Å²) in [4.78, 5) is 9.82. The van der Waals surface area contributed by atoms with E-state index in [2.05, 4.69) is 41.3 Å². The maximum atomic E-state index is 12.2. The van der Waals surface area contributed by atoms with Crippen LogP contribution < -0.4 is 10.6 Å². The van der Waals surface area contributed by atoms with E-state index >= 15 is 0 Å². The third kappa shape index (κ3) is 9.26. The van der Waals surface area contributed by atoms with Crippen LogP contribution in [0.5, 0.6) is 0 Å². The summed E-state index contributed by atoms with van der Waals surface area (Å²) in [7, 11) is 1.52. The van der Waals surface area contributed by atoms with Gasteiger partial charge in [0.1, 0.15) is 0 Å². The summed E-state index contributed by atoms with van der Waals surface area (Å²) in [5.74, 6) is 2.25. The molecule has 1 aliphatic heterocycles. The molecule has 0 aromatic carbocycles. The second kappa shape index (κ2) is 14.1. The molecular formula is C20H42IN5OS. The first-order valence-corrected chi connectivity index (χ1v) is 12.2. The molecule has 0 aromatic heterocycles. The third-order valence-electron chi connectivity index (χ3n) is 5.69. The second-order valence-electron chi connectivity index (χ2n) is 8.23. The van der Waals surface area contributed by atoms with Crippen LogP contribution in [0.3, 0.4) is 0 Å². The molecule has 1 aliphatic carbocycles. The van der Waals surface area contributed by atoms with Crippen molar-refractivity contribution in [2.75, 3.05) is 58.6 Å². The summed E-state index contributed by atoms with van der Waals surface area (Å²) in [5, 5.41) is 7.36. The van der Waals surface area contributed by atoms with Crippen LogP contribution in [-0.4, -0.2) is 89.9 Å². The number of rotatable bonds is 8. The number of hydrogen-bond acceptors (Lipinski definition) is 4. The van der Waals surface area contributed by atoms with Crippen molar-refractivity contribution in [2.24, 2.45) is 10.9 Å². The van der Waals surface area contributed by atoms with Gasteiger partial charge in [-0.3, -0.25) is 9.20 Å². The summed E-state index contributed by atoms with van der Waals surface area (Å²) >= 11 is 0. The molecule has 4 unspecified atom stereocenters. The van der Waals surface area contributed by atoms with Crippen molar-refractivity contribution in [1.29, 1.82) is 0 Å². The standard InChI is InChI=1S/C20H41N5OS.HI/c1-5-21-20(23-18-8-7-9-19(14-18)27(26)6-2)22-15-17(3)16-25-12-10-24(4)11-13-25;/h17-19H,5-16H2,1-4H3,(H2,21,22,23);1H. The minimum Gasteiger partial charge on any atom is -0.357 e. The van der Waals surface area contributed by atoms with E-state index in [9.17, 15) is 4.21 Å². The maximum Gasteiger partial charge on any atom is 0.191 e. The third-order valence-corrected chi connectivity index (χ3v) is 7.44. The highest BCUT2D eigenvalue weighted by molar-refractivity contribution is 14.0. The average Bonchev–Trinajstić information content (AvgIpc) is 2.67. The van der Waals surface area contributed by atoms with E-state index in [0.29, 0.717) is 17.2 Å². The quantitative estimate of drug-likeness (QED) is 0.288. The fourth-order valence-electron chi connectivity index (χ4n) is 4.04. The first-order valence-electron chi connectivity index (χ1n) is 10.8. The zero-order chi connectivity index (χ0) is 19.6. The Morgan fingerprint density at radius 2 is 1.93 bits per heavy atom. The maximum absolute atomic E-state index is 12.2. The van der Waals surface area contributed by atoms with Gasteiger partial charge in [-0.15, -0.1) is 24.0 Å². The first kappa shape index (κ1) is 26.1. The van der Waals surface area contributed by atoms with E-state index in [0.717, 1.165) is 57.0 Å². The number of nitrogens with zero attached hydrogens (tertiary/aromatic N) is 3. The van der Waals surface area contributed by atoms with E-state index in [1.807, 2.05) is 6.92 Å². The molecule has 1 saturated heterocycles. The van der Waals surface area contributed by atoms with Gasteiger partial charge in [-0.1, -0.05) is 20.3 Å². The smallest absolute Gasteiger partial charge is 0.191 e. The minimum absolute atomic E-state index is 0. The molecule has 8 heteroatoms. The lowest BCUT2D eigenvalue weighted by Gasteiger charge is -2.33. The SMILES string of the molecule is CCNC(=NCC(C)CN1CCN(C)CC1)NC1CCCC(S(=O)CC)C1.I. The van der Waals surface area contributed by atoms with Crippen molar-refractivity contribution in [1.82, 2.24) is 20.4 Å². The summed E-state index contributed by atoms with van der Waals surface area (Å²) in [6.45, 7) is 14.0. The van der Waals surface area contributed by atoms with Gasteiger partial charge in [0, 0.05) is 73.7 Å². The Kier molecular flexibility index (Phi) is 13.2. The van der Waals surface area contributed by atoms with Gasteiger partial charge in [-0.25, -0.2) is 0 Å². The van der Waals surface area contributed by atoms with Gasteiger partial charge in [-0.05, 0) is 39.2 Å². The molecule has 0 bridgehead atoms.